The molecule has 0 radical (unpaired) electrons. The van der Waals surface area contributed by atoms with Crippen LogP contribution in [0.2, 0.25) is 0 Å². The number of carbonyl (C=O) groups is 1. The maximum atomic E-state index is 11.0. The van der Waals surface area contributed by atoms with E-state index in [1.807, 2.05) is 42.5 Å². The van der Waals surface area contributed by atoms with Crippen molar-refractivity contribution in [3.8, 4) is 11.6 Å². The van der Waals surface area contributed by atoms with Crippen LogP contribution in [0, 0.1) is 0 Å². The minimum Gasteiger partial charge on any atom is -0.497 e. The Hall–Kier alpha value is -3.85. The average Bonchev–Trinajstić information content (AvgIpc) is 3.35. The van der Waals surface area contributed by atoms with Crippen molar-refractivity contribution in [1.29, 1.82) is 0 Å². The van der Waals surface area contributed by atoms with Crippen LogP contribution in [0.4, 0.5) is 5.69 Å². The largest absolute Gasteiger partial charge is 0.497 e. The first kappa shape index (κ1) is 22.3. The maximum Gasteiger partial charge on any atom is 0.243 e. The van der Waals surface area contributed by atoms with Crippen LogP contribution in [0.5, 0.6) is 11.6 Å². The van der Waals surface area contributed by atoms with Crippen LogP contribution in [-0.2, 0) is 9.63 Å². The van der Waals surface area contributed by atoms with Gasteiger partial charge in [-0.2, -0.15) is 0 Å². The normalized spacial score (nSPS) is 13.8. The SMILES string of the molecule is COc1ccc2c(c1)/C(=N\OCCCCCCC(=O)NO)C(c1c(O)[nH]c3ccccc13)=N2. The molecule has 0 fully saturated rings. The van der Waals surface area contributed by atoms with Crippen molar-refractivity contribution in [1.82, 2.24) is 10.5 Å². The number of aromatic nitrogens is 1. The standard InChI is InChI=1S/C24H26N4O5/c1-32-15-11-12-19-17(14-15)22(28-33-13-7-3-2-4-10-20(29)27-31)23(25-19)21-16-8-5-6-9-18(16)26-24(21)30/h5-6,8-9,11-12,14,26,30-31H,2-4,7,10,13H2,1H3,(H,27,29)/b28-22+. The number of unbranched alkanes of at least 4 members (excludes halogenated alkanes) is 3. The van der Waals surface area contributed by atoms with Crippen molar-refractivity contribution < 1.29 is 24.7 Å². The molecule has 2 aromatic carbocycles. The van der Waals surface area contributed by atoms with Gasteiger partial charge in [0.05, 0.1) is 18.4 Å². The van der Waals surface area contributed by atoms with E-state index in [-0.39, 0.29) is 11.8 Å². The lowest BCUT2D eigenvalue weighted by Gasteiger charge is -2.07. The summed E-state index contributed by atoms with van der Waals surface area (Å²) >= 11 is 0. The second kappa shape index (κ2) is 10.2. The van der Waals surface area contributed by atoms with Gasteiger partial charge >= 0.3 is 0 Å². The predicted octanol–water partition coefficient (Wildman–Crippen LogP) is 4.19. The summed E-state index contributed by atoms with van der Waals surface area (Å²) in [6.07, 6.45) is 3.49. The Labute approximate surface area is 190 Å². The number of amides is 1. The van der Waals surface area contributed by atoms with Gasteiger partial charge in [-0.3, -0.25) is 10.0 Å². The van der Waals surface area contributed by atoms with Crippen LogP contribution in [0.1, 0.15) is 43.2 Å². The lowest BCUT2D eigenvalue weighted by atomic mass is 10.0. The molecule has 0 saturated heterocycles. The number of nitrogens with zero attached hydrogens (tertiary/aromatic N) is 2. The highest BCUT2D eigenvalue weighted by Gasteiger charge is 2.29. The number of methoxy groups -OCH3 is 1. The number of H-pyrrole nitrogens is 1. The van der Waals surface area contributed by atoms with Crippen molar-refractivity contribution in [2.45, 2.75) is 32.1 Å². The highest BCUT2D eigenvalue weighted by atomic mass is 16.6. The smallest absolute Gasteiger partial charge is 0.243 e. The first-order valence-corrected chi connectivity index (χ1v) is 10.8. The van der Waals surface area contributed by atoms with Crippen LogP contribution >= 0.6 is 0 Å². The molecule has 1 aromatic heterocycles. The molecule has 1 amide bonds. The van der Waals surface area contributed by atoms with E-state index in [4.69, 9.17) is 19.8 Å². The number of oxime groups is 1. The van der Waals surface area contributed by atoms with Crippen molar-refractivity contribution in [3.05, 3.63) is 53.6 Å². The van der Waals surface area contributed by atoms with Crippen LogP contribution in [0.3, 0.4) is 0 Å². The first-order valence-electron chi connectivity index (χ1n) is 10.8. The van der Waals surface area contributed by atoms with E-state index in [0.717, 1.165) is 41.4 Å². The number of rotatable bonds is 10. The van der Waals surface area contributed by atoms with E-state index in [1.165, 1.54) is 0 Å². The van der Waals surface area contributed by atoms with Crippen LogP contribution in [0.25, 0.3) is 10.9 Å². The summed E-state index contributed by atoms with van der Waals surface area (Å²) in [4.78, 5) is 24.4. The zero-order chi connectivity index (χ0) is 23.2. The van der Waals surface area contributed by atoms with E-state index in [0.29, 0.717) is 42.2 Å². The number of aromatic hydroxyl groups is 1. The average molecular weight is 450 g/mol. The molecule has 0 spiro atoms. The highest BCUT2D eigenvalue weighted by molar-refractivity contribution is 6.58. The molecule has 3 aromatic rings. The lowest BCUT2D eigenvalue weighted by molar-refractivity contribution is -0.129. The number of nitrogens with one attached hydrogen (secondary N) is 2. The molecule has 0 bridgehead atoms. The van der Waals surface area contributed by atoms with E-state index in [9.17, 15) is 9.90 Å². The van der Waals surface area contributed by atoms with Gasteiger partial charge < -0.3 is 19.7 Å². The van der Waals surface area contributed by atoms with Gasteiger partial charge in [0.2, 0.25) is 5.91 Å². The molecule has 172 valence electrons. The quantitative estimate of drug-likeness (QED) is 0.209. The lowest BCUT2D eigenvalue weighted by Crippen LogP contribution is -2.17. The molecule has 0 atom stereocenters. The minimum atomic E-state index is -0.375. The van der Waals surface area contributed by atoms with Crippen molar-refractivity contribution in [2.75, 3.05) is 13.7 Å². The third kappa shape index (κ3) is 4.83. The Morgan fingerprint density at radius 1 is 1.15 bits per heavy atom. The van der Waals surface area contributed by atoms with Crippen molar-refractivity contribution in [2.24, 2.45) is 10.1 Å². The van der Waals surface area contributed by atoms with Gasteiger partial charge in [-0.25, -0.2) is 10.5 Å². The van der Waals surface area contributed by atoms with Gasteiger partial charge in [-0.15, -0.1) is 0 Å². The Morgan fingerprint density at radius 2 is 1.97 bits per heavy atom. The molecule has 0 saturated carbocycles. The zero-order valence-electron chi connectivity index (χ0n) is 18.3. The van der Waals surface area contributed by atoms with E-state index in [1.54, 1.807) is 12.6 Å². The van der Waals surface area contributed by atoms with Gasteiger partial charge in [-0.05, 0) is 43.5 Å². The number of hydrogen-bond acceptors (Lipinski definition) is 7. The molecular weight excluding hydrogens is 424 g/mol. The Bertz CT molecular complexity index is 1210. The summed E-state index contributed by atoms with van der Waals surface area (Å²) in [6, 6.07) is 13.1. The van der Waals surface area contributed by atoms with Gasteiger partial charge in [0.25, 0.3) is 0 Å². The van der Waals surface area contributed by atoms with Crippen LogP contribution in [0.15, 0.2) is 52.6 Å². The summed E-state index contributed by atoms with van der Waals surface area (Å²) in [5.74, 6) is 0.322. The fourth-order valence-corrected chi connectivity index (χ4v) is 3.84. The Balaban J connectivity index is 1.52. The molecule has 0 aliphatic carbocycles. The molecule has 1 aliphatic rings. The van der Waals surface area contributed by atoms with Crippen LogP contribution < -0.4 is 10.2 Å². The first-order chi connectivity index (χ1) is 16.1. The van der Waals surface area contributed by atoms with Gasteiger partial charge in [0, 0.05) is 22.9 Å². The maximum absolute atomic E-state index is 11.0. The topological polar surface area (TPSA) is 129 Å². The number of hydrogen-bond donors (Lipinski definition) is 4. The summed E-state index contributed by atoms with van der Waals surface area (Å²) < 4.78 is 5.37. The number of hydroxylamine groups is 1. The highest BCUT2D eigenvalue weighted by Crippen LogP contribution is 2.37. The Kier molecular flexibility index (Phi) is 6.89. The Morgan fingerprint density at radius 3 is 2.79 bits per heavy atom. The third-order valence-corrected chi connectivity index (χ3v) is 5.51. The summed E-state index contributed by atoms with van der Waals surface area (Å²) in [5.41, 5.74) is 5.56. The van der Waals surface area contributed by atoms with E-state index < -0.39 is 0 Å². The van der Waals surface area contributed by atoms with Crippen LogP contribution in [-0.4, -0.2) is 46.3 Å². The molecule has 4 rings (SSSR count). The van der Waals surface area contributed by atoms with Gasteiger partial charge in [0.1, 0.15) is 23.8 Å². The van der Waals surface area contributed by atoms with E-state index >= 15 is 0 Å². The minimum absolute atomic E-state index is 0.0225. The second-order valence-corrected chi connectivity index (χ2v) is 7.71. The number of para-hydroxylation sites is 1. The summed E-state index contributed by atoms with van der Waals surface area (Å²) in [6.45, 7) is 0.405. The van der Waals surface area contributed by atoms with E-state index in [2.05, 4.69) is 10.1 Å². The molecule has 0 unspecified atom stereocenters. The molecular formula is C24H26N4O5. The molecule has 2 heterocycles. The fourth-order valence-electron chi connectivity index (χ4n) is 3.84. The molecule has 9 heteroatoms. The number of aliphatic imine (C=N–C) groups is 1. The molecule has 9 nitrogen and oxygen atoms in total. The fraction of sp³-hybridized carbons (Fsp3) is 0.292. The number of aromatic amines is 1. The summed E-state index contributed by atoms with van der Waals surface area (Å²) in [5, 5.41) is 24.4. The molecule has 33 heavy (non-hydrogen) atoms. The number of ether oxygens (including phenoxy) is 1. The van der Waals surface area contributed by atoms with Gasteiger partial charge in [-0.1, -0.05) is 29.8 Å². The molecule has 1 aliphatic heterocycles. The zero-order valence-corrected chi connectivity index (χ0v) is 18.3. The number of carbonyl (C=O) groups excluding carboxylic acids is 1. The second-order valence-electron chi connectivity index (χ2n) is 7.71. The predicted molar refractivity (Wildman–Crippen MR) is 125 cm³/mol. The summed E-state index contributed by atoms with van der Waals surface area (Å²) in [7, 11) is 1.60. The number of benzene rings is 2. The third-order valence-electron chi connectivity index (χ3n) is 5.51. The van der Waals surface area contributed by atoms with Crippen molar-refractivity contribution >= 4 is 33.9 Å². The van der Waals surface area contributed by atoms with Gasteiger partial charge in [0.15, 0.2) is 5.88 Å². The monoisotopic (exact) mass is 450 g/mol. The molecule has 4 N–H and O–H groups in total. The van der Waals surface area contributed by atoms with Crippen molar-refractivity contribution in [3.63, 3.8) is 0 Å². The number of fused-ring (bicyclic) bond motifs is 2.